The Morgan fingerprint density at radius 2 is 2.05 bits per heavy atom. The SMILES string of the molecule is COc1cc(F)c2c(c1)C(C#N)N(c1cccc(F)c1)C2=O. The third-order valence-corrected chi connectivity index (χ3v) is 3.52. The largest absolute Gasteiger partial charge is 0.497 e. The van der Waals surface area contributed by atoms with E-state index in [2.05, 4.69) is 0 Å². The van der Waals surface area contributed by atoms with Gasteiger partial charge in [0.2, 0.25) is 0 Å². The van der Waals surface area contributed by atoms with E-state index in [-0.39, 0.29) is 22.6 Å². The molecule has 2 aromatic carbocycles. The first kappa shape index (κ1) is 14.0. The molecule has 6 heteroatoms. The Bertz CT molecular complexity index is 814. The summed E-state index contributed by atoms with van der Waals surface area (Å²) < 4.78 is 32.5. The molecule has 0 spiro atoms. The summed E-state index contributed by atoms with van der Waals surface area (Å²) in [7, 11) is 1.36. The zero-order valence-electron chi connectivity index (χ0n) is 11.5. The molecule has 110 valence electrons. The molecule has 1 aliphatic rings. The number of ether oxygens (including phenoxy) is 1. The number of nitriles is 1. The second-order valence-corrected chi connectivity index (χ2v) is 4.76. The van der Waals surface area contributed by atoms with Crippen LogP contribution in [0.1, 0.15) is 22.0 Å². The monoisotopic (exact) mass is 300 g/mol. The molecule has 1 aliphatic heterocycles. The molecule has 4 nitrogen and oxygen atoms in total. The summed E-state index contributed by atoms with van der Waals surface area (Å²) >= 11 is 0. The van der Waals surface area contributed by atoms with E-state index in [0.29, 0.717) is 0 Å². The smallest absolute Gasteiger partial charge is 0.263 e. The number of fused-ring (bicyclic) bond motifs is 1. The molecule has 1 atom stereocenters. The number of carbonyl (C=O) groups excluding carboxylic acids is 1. The predicted octanol–water partition coefficient (Wildman–Crippen LogP) is 3.20. The van der Waals surface area contributed by atoms with Crippen LogP contribution in [0.5, 0.6) is 5.75 Å². The molecule has 3 rings (SSSR count). The molecular weight excluding hydrogens is 290 g/mol. The molecule has 0 fully saturated rings. The summed E-state index contributed by atoms with van der Waals surface area (Å²) in [5.41, 5.74) is 0.233. The number of halogens is 2. The van der Waals surface area contributed by atoms with E-state index in [0.717, 1.165) is 17.0 Å². The van der Waals surface area contributed by atoms with Crippen LogP contribution in [0.2, 0.25) is 0 Å². The first-order valence-corrected chi connectivity index (χ1v) is 6.43. The van der Waals surface area contributed by atoms with Gasteiger partial charge in [0.05, 0.1) is 18.7 Å². The summed E-state index contributed by atoms with van der Waals surface area (Å²) in [6.07, 6.45) is 0. The number of benzene rings is 2. The molecule has 0 saturated heterocycles. The van der Waals surface area contributed by atoms with Gasteiger partial charge in [-0.2, -0.15) is 5.26 Å². The van der Waals surface area contributed by atoms with Crippen LogP contribution in [0, 0.1) is 23.0 Å². The van der Waals surface area contributed by atoms with Gasteiger partial charge in [0.25, 0.3) is 5.91 Å². The molecule has 1 amide bonds. The second kappa shape index (κ2) is 5.11. The van der Waals surface area contributed by atoms with Crippen LogP contribution >= 0.6 is 0 Å². The number of hydrogen-bond acceptors (Lipinski definition) is 3. The van der Waals surface area contributed by atoms with Gasteiger partial charge in [-0.3, -0.25) is 9.69 Å². The first-order valence-electron chi connectivity index (χ1n) is 6.43. The lowest BCUT2D eigenvalue weighted by Gasteiger charge is -2.20. The highest BCUT2D eigenvalue weighted by atomic mass is 19.1. The maximum atomic E-state index is 14.2. The lowest BCUT2D eigenvalue weighted by Crippen LogP contribution is -2.27. The molecular formula is C16H10F2N2O2. The van der Waals surface area contributed by atoms with E-state index < -0.39 is 23.6 Å². The van der Waals surface area contributed by atoms with Crippen molar-refractivity contribution in [2.75, 3.05) is 12.0 Å². The van der Waals surface area contributed by atoms with Crippen molar-refractivity contribution in [3.8, 4) is 11.8 Å². The van der Waals surface area contributed by atoms with Crippen molar-refractivity contribution >= 4 is 11.6 Å². The highest BCUT2D eigenvalue weighted by Gasteiger charge is 2.40. The van der Waals surface area contributed by atoms with Crippen molar-refractivity contribution in [1.29, 1.82) is 5.26 Å². The minimum atomic E-state index is -1.03. The quantitative estimate of drug-likeness (QED) is 0.856. The van der Waals surface area contributed by atoms with Crippen LogP contribution in [0.15, 0.2) is 36.4 Å². The van der Waals surface area contributed by atoms with E-state index in [1.54, 1.807) is 0 Å². The topological polar surface area (TPSA) is 53.3 Å². The highest BCUT2D eigenvalue weighted by Crippen LogP contribution is 2.40. The van der Waals surface area contributed by atoms with Crippen molar-refractivity contribution in [3.63, 3.8) is 0 Å². The third-order valence-electron chi connectivity index (χ3n) is 3.52. The zero-order chi connectivity index (χ0) is 15.9. The Kier molecular flexibility index (Phi) is 3.26. The van der Waals surface area contributed by atoms with Gasteiger partial charge in [-0.25, -0.2) is 8.78 Å². The number of nitrogens with zero attached hydrogens (tertiary/aromatic N) is 2. The molecule has 0 N–H and O–H groups in total. The summed E-state index contributed by atoms with van der Waals surface area (Å²) in [6.45, 7) is 0. The van der Waals surface area contributed by atoms with E-state index in [1.165, 1.54) is 31.4 Å². The maximum Gasteiger partial charge on any atom is 0.263 e. The fourth-order valence-electron chi connectivity index (χ4n) is 2.56. The summed E-state index contributed by atoms with van der Waals surface area (Å²) in [5.74, 6) is -1.77. The zero-order valence-corrected chi connectivity index (χ0v) is 11.5. The number of methoxy groups -OCH3 is 1. The van der Waals surface area contributed by atoms with E-state index in [1.807, 2.05) is 6.07 Å². The van der Waals surface area contributed by atoms with Crippen LogP contribution in [-0.2, 0) is 0 Å². The van der Waals surface area contributed by atoms with Gasteiger partial charge in [-0.1, -0.05) is 6.07 Å². The summed E-state index contributed by atoms with van der Waals surface area (Å²) in [6, 6.07) is 8.72. The average molecular weight is 300 g/mol. The maximum absolute atomic E-state index is 14.2. The van der Waals surface area contributed by atoms with E-state index in [4.69, 9.17) is 4.74 Å². The van der Waals surface area contributed by atoms with Crippen LogP contribution in [0.4, 0.5) is 14.5 Å². The summed E-state index contributed by atoms with van der Waals surface area (Å²) in [4.78, 5) is 13.5. The molecule has 0 bridgehead atoms. The summed E-state index contributed by atoms with van der Waals surface area (Å²) in [5, 5.41) is 9.39. The van der Waals surface area contributed by atoms with Gasteiger partial charge in [-0.05, 0) is 24.3 Å². The molecule has 0 aliphatic carbocycles. The molecule has 0 aromatic heterocycles. The van der Waals surface area contributed by atoms with E-state index >= 15 is 0 Å². The Morgan fingerprint density at radius 1 is 1.27 bits per heavy atom. The minimum absolute atomic E-state index is 0.184. The average Bonchev–Trinajstić information content (AvgIpc) is 2.79. The van der Waals surface area contributed by atoms with Crippen molar-refractivity contribution in [2.24, 2.45) is 0 Å². The molecule has 1 unspecified atom stereocenters. The van der Waals surface area contributed by atoms with Gasteiger partial charge in [0.1, 0.15) is 17.4 Å². The van der Waals surface area contributed by atoms with Crippen molar-refractivity contribution in [1.82, 2.24) is 0 Å². The Morgan fingerprint density at radius 3 is 2.68 bits per heavy atom. The van der Waals surface area contributed by atoms with E-state index in [9.17, 15) is 18.8 Å². The molecule has 22 heavy (non-hydrogen) atoms. The molecule has 1 heterocycles. The third kappa shape index (κ3) is 1.99. The standard InChI is InChI=1S/C16H10F2N2O2/c1-22-11-6-12-14(8-19)20(10-4-2-3-9(17)5-10)16(21)15(12)13(18)7-11/h2-7,14H,1H3. The number of rotatable bonds is 2. The van der Waals surface area contributed by atoms with Gasteiger partial charge in [0, 0.05) is 17.3 Å². The predicted molar refractivity (Wildman–Crippen MR) is 74.5 cm³/mol. The molecule has 2 aromatic rings. The Balaban J connectivity index is 2.18. The second-order valence-electron chi connectivity index (χ2n) is 4.76. The Hall–Kier alpha value is -2.94. The van der Waals surface area contributed by atoms with Crippen LogP contribution < -0.4 is 9.64 Å². The van der Waals surface area contributed by atoms with Crippen molar-refractivity contribution < 1.29 is 18.3 Å². The van der Waals surface area contributed by atoms with Crippen molar-refractivity contribution in [3.05, 3.63) is 59.2 Å². The normalized spacial score (nSPS) is 16.4. The van der Waals surface area contributed by atoms with Gasteiger partial charge in [-0.15, -0.1) is 0 Å². The van der Waals surface area contributed by atoms with Crippen LogP contribution in [-0.4, -0.2) is 13.0 Å². The van der Waals surface area contributed by atoms with Crippen LogP contribution in [0.25, 0.3) is 0 Å². The fraction of sp³-hybridized carbons (Fsp3) is 0.125. The minimum Gasteiger partial charge on any atom is -0.497 e. The van der Waals surface area contributed by atoms with Gasteiger partial charge >= 0.3 is 0 Å². The van der Waals surface area contributed by atoms with Crippen molar-refractivity contribution in [2.45, 2.75) is 6.04 Å². The van der Waals surface area contributed by atoms with Crippen LogP contribution in [0.3, 0.4) is 0 Å². The number of amides is 1. The lowest BCUT2D eigenvalue weighted by atomic mass is 10.0. The Labute approximate surface area is 125 Å². The van der Waals surface area contributed by atoms with Gasteiger partial charge < -0.3 is 4.74 Å². The highest BCUT2D eigenvalue weighted by molar-refractivity contribution is 6.11. The number of carbonyl (C=O) groups is 1. The van der Waals surface area contributed by atoms with Gasteiger partial charge in [0.15, 0.2) is 6.04 Å². The fourth-order valence-corrected chi connectivity index (χ4v) is 2.56. The first-order chi connectivity index (χ1) is 10.6. The molecule has 0 saturated carbocycles. The number of hydrogen-bond donors (Lipinski definition) is 0. The molecule has 0 radical (unpaired) electrons. The number of anilines is 1. The lowest BCUT2D eigenvalue weighted by molar-refractivity contribution is 0.0991.